The summed E-state index contributed by atoms with van der Waals surface area (Å²) in [5.74, 6) is 0.397. The minimum absolute atomic E-state index is 0.0521. The first-order valence-corrected chi connectivity index (χ1v) is 12.9. The lowest BCUT2D eigenvalue weighted by molar-refractivity contribution is -0.120. The Balaban J connectivity index is 1.29. The number of sulfonamides is 1. The van der Waals surface area contributed by atoms with Crippen LogP contribution >= 0.6 is 0 Å². The first kappa shape index (κ1) is 22.8. The minimum atomic E-state index is -3.63. The third-order valence-corrected chi connectivity index (χ3v) is 8.41. The third kappa shape index (κ3) is 5.15. The van der Waals surface area contributed by atoms with Crippen molar-refractivity contribution in [3.05, 3.63) is 36.3 Å². The number of piperidine rings is 1. The van der Waals surface area contributed by atoms with E-state index in [1.54, 1.807) is 18.5 Å². The lowest BCUT2D eigenvalue weighted by Gasteiger charge is -2.30. The molecule has 0 bridgehead atoms. The van der Waals surface area contributed by atoms with Crippen molar-refractivity contribution >= 4 is 27.3 Å². The summed E-state index contributed by atoms with van der Waals surface area (Å²) in [4.78, 5) is 16.9. The number of carbonyl (C=O) groups excluding carboxylic acids is 1. The Morgan fingerprint density at radius 3 is 2.22 bits per heavy atom. The third-order valence-electron chi connectivity index (χ3n) is 6.64. The van der Waals surface area contributed by atoms with Crippen LogP contribution in [0.3, 0.4) is 0 Å². The van der Waals surface area contributed by atoms with Crippen LogP contribution in [0.4, 0.5) is 11.4 Å². The summed E-state index contributed by atoms with van der Waals surface area (Å²) in [6.07, 6.45) is 8.87. The molecule has 2 N–H and O–H groups in total. The van der Waals surface area contributed by atoms with Gasteiger partial charge in [-0.15, -0.1) is 0 Å². The van der Waals surface area contributed by atoms with Crippen LogP contribution in [0.25, 0.3) is 0 Å². The zero-order valence-electron chi connectivity index (χ0n) is 18.9. The number of hydrogen-bond donors (Lipinski definition) is 2. The number of imidazole rings is 1. The fraction of sp³-hybridized carbons (Fsp3) is 0.565. The van der Waals surface area contributed by atoms with Gasteiger partial charge in [0.05, 0.1) is 0 Å². The van der Waals surface area contributed by atoms with Gasteiger partial charge in [-0.05, 0) is 56.9 Å². The standard InChI is InChI=1S/C23H33N5O3S/c1-17-24-22(16-27(17)2)32(30,31)28-14-12-18(13-15-28)23(29)26-21-10-8-20(9-11-21)25-19-6-4-3-5-7-19/h8-11,16,18-19,25H,3-7,12-15H2,1-2H3,(H,26,29). The second-order valence-corrected chi connectivity index (χ2v) is 10.8. The maximum absolute atomic E-state index is 12.8. The Bertz CT molecular complexity index is 1010. The fourth-order valence-electron chi connectivity index (χ4n) is 4.52. The molecular formula is C23H33N5O3S. The monoisotopic (exact) mass is 459 g/mol. The van der Waals surface area contributed by atoms with Crippen molar-refractivity contribution in [1.82, 2.24) is 13.9 Å². The molecule has 0 unspecified atom stereocenters. The molecule has 1 aromatic carbocycles. The van der Waals surface area contributed by atoms with Gasteiger partial charge in [0.1, 0.15) is 5.82 Å². The molecule has 4 rings (SSSR count). The lowest BCUT2D eigenvalue weighted by Crippen LogP contribution is -2.41. The van der Waals surface area contributed by atoms with Gasteiger partial charge in [-0.2, -0.15) is 4.31 Å². The highest BCUT2D eigenvalue weighted by atomic mass is 32.2. The smallest absolute Gasteiger partial charge is 0.262 e. The molecule has 2 aromatic rings. The number of nitrogens with one attached hydrogen (secondary N) is 2. The number of rotatable bonds is 6. The van der Waals surface area contributed by atoms with Crippen LogP contribution < -0.4 is 10.6 Å². The summed E-state index contributed by atoms with van der Waals surface area (Å²) in [6, 6.07) is 8.40. The zero-order chi connectivity index (χ0) is 22.7. The maximum Gasteiger partial charge on any atom is 0.262 e. The van der Waals surface area contributed by atoms with Crippen LogP contribution in [-0.2, 0) is 21.9 Å². The molecule has 1 saturated heterocycles. The Labute approximate surface area is 190 Å². The highest BCUT2D eigenvalue weighted by Gasteiger charge is 2.33. The van der Waals surface area contributed by atoms with E-state index < -0.39 is 10.0 Å². The van der Waals surface area contributed by atoms with Crippen molar-refractivity contribution in [1.29, 1.82) is 0 Å². The maximum atomic E-state index is 12.8. The van der Waals surface area contributed by atoms with Gasteiger partial charge < -0.3 is 15.2 Å². The molecule has 1 aromatic heterocycles. The van der Waals surface area contributed by atoms with Crippen LogP contribution in [0.1, 0.15) is 50.8 Å². The number of hydrogen-bond acceptors (Lipinski definition) is 5. The molecule has 1 aliphatic heterocycles. The van der Waals surface area contributed by atoms with Crippen molar-refractivity contribution in [2.45, 2.75) is 62.9 Å². The Hall–Kier alpha value is -2.39. The van der Waals surface area contributed by atoms with Crippen molar-refractivity contribution in [3.8, 4) is 0 Å². The summed E-state index contributed by atoms with van der Waals surface area (Å²) in [6.45, 7) is 2.41. The Kier molecular flexibility index (Phi) is 6.85. The molecule has 0 spiro atoms. The molecule has 1 saturated carbocycles. The van der Waals surface area contributed by atoms with Gasteiger partial charge in [-0.3, -0.25) is 4.79 Å². The van der Waals surface area contributed by atoms with E-state index >= 15 is 0 Å². The van der Waals surface area contributed by atoms with Crippen LogP contribution in [0.2, 0.25) is 0 Å². The van der Waals surface area contributed by atoms with Gasteiger partial charge >= 0.3 is 0 Å². The first-order chi connectivity index (χ1) is 15.3. The minimum Gasteiger partial charge on any atom is -0.382 e. The number of carbonyl (C=O) groups is 1. The molecule has 2 aliphatic rings. The summed E-state index contributed by atoms with van der Waals surface area (Å²) < 4.78 is 28.8. The normalized spacial score (nSPS) is 19.1. The highest BCUT2D eigenvalue weighted by molar-refractivity contribution is 7.89. The number of amides is 1. The summed E-state index contributed by atoms with van der Waals surface area (Å²) >= 11 is 0. The van der Waals surface area contributed by atoms with Gasteiger partial charge in [0.25, 0.3) is 10.0 Å². The molecule has 9 heteroatoms. The van der Waals surface area contributed by atoms with Gasteiger partial charge in [0.15, 0.2) is 5.03 Å². The average molecular weight is 460 g/mol. The van der Waals surface area contributed by atoms with E-state index in [-0.39, 0.29) is 16.9 Å². The van der Waals surface area contributed by atoms with Crippen LogP contribution in [0.15, 0.2) is 35.5 Å². The molecule has 0 radical (unpaired) electrons. The topological polar surface area (TPSA) is 96.3 Å². The first-order valence-electron chi connectivity index (χ1n) is 11.5. The quantitative estimate of drug-likeness (QED) is 0.689. The molecule has 0 atom stereocenters. The predicted octanol–water partition coefficient (Wildman–Crippen LogP) is 3.51. The second kappa shape index (κ2) is 9.62. The van der Waals surface area contributed by atoms with Crippen LogP contribution in [0.5, 0.6) is 0 Å². The van der Waals surface area contributed by atoms with Gasteiger partial charge in [0.2, 0.25) is 5.91 Å². The lowest BCUT2D eigenvalue weighted by atomic mass is 9.95. The molecule has 1 amide bonds. The van der Waals surface area contributed by atoms with Crippen molar-refractivity contribution in [2.24, 2.45) is 13.0 Å². The van der Waals surface area contributed by atoms with E-state index in [1.807, 2.05) is 24.3 Å². The highest BCUT2D eigenvalue weighted by Crippen LogP contribution is 2.26. The van der Waals surface area contributed by atoms with E-state index in [4.69, 9.17) is 0 Å². The van der Waals surface area contributed by atoms with Crippen LogP contribution in [0, 0.1) is 12.8 Å². The average Bonchev–Trinajstić information content (AvgIpc) is 3.15. The van der Waals surface area contributed by atoms with Gasteiger partial charge in [-0.25, -0.2) is 13.4 Å². The number of nitrogens with zero attached hydrogens (tertiary/aromatic N) is 3. The second-order valence-electron chi connectivity index (χ2n) is 8.96. The largest absolute Gasteiger partial charge is 0.382 e. The van der Waals surface area contributed by atoms with E-state index in [9.17, 15) is 13.2 Å². The predicted molar refractivity (Wildman–Crippen MR) is 125 cm³/mol. The van der Waals surface area contributed by atoms with E-state index in [0.717, 1.165) is 11.4 Å². The summed E-state index contributed by atoms with van der Waals surface area (Å²) in [5.41, 5.74) is 1.85. The molecule has 32 heavy (non-hydrogen) atoms. The SMILES string of the molecule is Cc1nc(S(=O)(=O)N2CCC(C(=O)Nc3ccc(NC4CCCCC4)cc3)CC2)cn1C. The van der Waals surface area contributed by atoms with E-state index in [1.165, 1.54) is 42.6 Å². The summed E-state index contributed by atoms with van der Waals surface area (Å²) in [7, 11) is -1.85. The van der Waals surface area contributed by atoms with Crippen molar-refractivity contribution in [3.63, 3.8) is 0 Å². The van der Waals surface area contributed by atoms with E-state index in [2.05, 4.69) is 15.6 Å². The number of aromatic nitrogens is 2. The number of benzene rings is 1. The molecule has 2 fully saturated rings. The zero-order valence-corrected chi connectivity index (χ0v) is 19.7. The van der Waals surface area contributed by atoms with E-state index in [0.29, 0.717) is 37.8 Å². The fourth-order valence-corrected chi connectivity index (χ4v) is 6.01. The van der Waals surface area contributed by atoms with Crippen molar-refractivity contribution in [2.75, 3.05) is 23.7 Å². The number of anilines is 2. The number of aryl methyl sites for hydroxylation is 2. The Morgan fingerprint density at radius 2 is 1.62 bits per heavy atom. The molecular weight excluding hydrogens is 426 g/mol. The van der Waals surface area contributed by atoms with Crippen molar-refractivity contribution < 1.29 is 13.2 Å². The Morgan fingerprint density at radius 1 is 1.00 bits per heavy atom. The summed E-state index contributed by atoms with van der Waals surface area (Å²) in [5, 5.41) is 6.64. The molecule has 174 valence electrons. The van der Waals surface area contributed by atoms with Crippen LogP contribution in [-0.4, -0.2) is 47.3 Å². The molecule has 1 aliphatic carbocycles. The van der Waals surface area contributed by atoms with Gasteiger partial charge in [0, 0.05) is 49.7 Å². The van der Waals surface area contributed by atoms with Gasteiger partial charge in [-0.1, -0.05) is 19.3 Å². The molecule has 2 heterocycles. The molecule has 8 nitrogen and oxygen atoms in total.